The van der Waals surface area contributed by atoms with Crippen LogP contribution >= 0.6 is 0 Å². The lowest BCUT2D eigenvalue weighted by atomic mass is 10.1. The highest BCUT2D eigenvalue weighted by Crippen LogP contribution is 2.11. The monoisotopic (exact) mass is 786 g/mol. The van der Waals surface area contributed by atoms with Gasteiger partial charge in [-0.2, -0.15) is 0 Å². The lowest BCUT2D eigenvalue weighted by Crippen LogP contribution is -2.44. The van der Waals surface area contributed by atoms with E-state index in [9.17, 15) is 19.5 Å². The summed E-state index contributed by atoms with van der Waals surface area (Å²) in [6, 6.07) is 0. The quantitative estimate of drug-likeness (QED) is 0.0200. The van der Waals surface area contributed by atoms with Gasteiger partial charge in [-0.1, -0.05) is 125 Å². The molecule has 0 amide bonds. The summed E-state index contributed by atoms with van der Waals surface area (Å²) in [7, 11) is 5.88. The summed E-state index contributed by atoms with van der Waals surface area (Å²) in [5.74, 6) is -2.37. The predicted molar refractivity (Wildman–Crippen MR) is 228 cm³/mol. The van der Waals surface area contributed by atoms with Crippen molar-refractivity contribution in [3.8, 4) is 0 Å². The number of ether oxygens (including phenoxy) is 4. The van der Waals surface area contributed by atoms with Crippen molar-refractivity contribution in [2.45, 2.75) is 161 Å². The highest BCUT2D eigenvalue weighted by molar-refractivity contribution is 5.70. The number of allylic oxidation sites excluding steroid dienone is 12. The van der Waals surface area contributed by atoms with Crippen molar-refractivity contribution in [3.63, 3.8) is 0 Å². The third-order valence-electron chi connectivity index (χ3n) is 8.69. The first kappa shape index (κ1) is 52.7. The van der Waals surface area contributed by atoms with Crippen LogP contribution in [0.4, 0.5) is 0 Å². The van der Waals surface area contributed by atoms with Crippen molar-refractivity contribution in [2.75, 3.05) is 47.5 Å². The van der Waals surface area contributed by atoms with Gasteiger partial charge < -0.3 is 33.3 Å². The molecule has 0 aromatic carbocycles. The fourth-order valence-electron chi connectivity index (χ4n) is 5.32. The number of unbranched alkanes of at least 4 members (excludes halogenated alkanes) is 11. The topological polar surface area (TPSA) is 111 Å². The van der Waals surface area contributed by atoms with E-state index in [4.69, 9.17) is 18.9 Å². The Morgan fingerprint density at radius 1 is 0.554 bits per heavy atom. The van der Waals surface area contributed by atoms with Crippen LogP contribution in [0.3, 0.4) is 0 Å². The summed E-state index contributed by atoms with van der Waals surface area (Å²) in [6.07, 6.45) is 43.6. The van der Waals surface area contributed by atoms with E-state index in [2.05, 4.69) is 86.8 Å². The second-order valence-electron chi connectivity index (χ2n) is 15.2. The van der Waals surface area contributed by atoms with Crippen LogP contribution in [0.1, 0.15) is 149 Å². The summed E-state index contributed by atoms with van der Waals surface area (Å²) in [5.41, 5.74) is 0. The largest absolute Gasteiger partial charge is 0.545 e. The first-order valence-electron chi connectivity index (χ1n) is 21.6. The first-order chi connectivity index (χ1) is 27.1. The van der Waals surface area contributed by atoms with Crippen molar-refractivity contribution in [3.05, 3.63) is 72.9 Å². The lowest BCUT2D eigenvalue weighted by Gasteiger charge is -2.26. The van der Waals surface area contributed by atoms with Crippen molar-refractivity contribution < 1.29 is 42.9 Å². The molecule has 0 fully saturated rings. The summed E-state index contributed by atoms with van der Waals surface area (Å²) in [4.78, 5) is 36.9. The van der Waals surface area contributed by atoms with Crippen molar-refractivity contribution in [1.29, 1.82) is 0 Å². The van der Waals surface area contributed by atoms with Crippen LogP contribution in [0.15, 0.2) is 72.9 Å². The standard InChI is InChI=1S/C47H79NO8/c1-6-8-10-12-14-16-18-20-22-24-25-27-29-31-33-35-37-44(49)54-41-43(42-55-47(46(51)52)53-40-39-48(3,4)5)56-45(50)38-36-34-32-30-28-26-23-21-19-17-15-13-11-9-7-2/h9,11,15-18,21-24,28,30,43,47H,6-8,10,12-14,19-20,25-27,29,31-42H2,1-5H3/b11-9-,17-15-,18-16-,23-21-,24-22-,30-28-. The Balaban J connectivity index is 4.58. The zero-order valence-electron chi connectivity index (χ0n) is 36.0. The highest BCUT2D eigenvalue weighted by atomic mass is 16.7. The van der Waals surface area contributed by atoms with Crippen LogP contribution in [0.25, 0.3) is 0 Å². The number of esters is 2. The molecule has 0 aromatic rings. The van der Waals surface area contributed by atoms with E-state index in [1.54, 1.807) is 0 Å². The van der Waals surface area contributed by atoms with Gasteiger partial charge in [0, 0.05) is 12.8 Å². The Labute approximate surface area is 341 Å². The molecule has 2 unspecified atom stereocenters. The third-order valence-corrected chi connectivity index (χ3v) is 8.69. The minimum absolute atomic E-state index is 0.133. The maximum atomic E-state index is 12.7. The normalized spacial score (nSPS) is 13.7. The number of rotatable bonds is 38. The number of quaternary nitrogens is 1. The Morgan fingerprint density at radius 3 is 1.55 bits per heavy atom. The van der Waals surface area contributed by atoms with E-state index in [0.717, 1.165) is 77.0 Å². The van der Waals surface area contributed by atoms with Gasteiger partial charge in [-0.05, 0) is 83.5 Å². The number of carbonyl (C=O) groups is 3. The van der Waals surface area contributed by atoms with E-state index in [-0.39, 0.29) is 38.6 Å². The minimum Gasteiger partial charge on any atom is -0.545 e. The number of carboxylic acid groups (broad SMARTS) is 1. The Hall–Kier alpha value is -3.27. The number of nitrogens with zero attached hydrogens (tertiary/aromatic N) is 1. The summed E-state index contributed by atoms with van der Waals surface area (Å²) >= 11 is 0. The molecule has 0 radical (unpaired) electrons. The van der Waals surface area contributed by atoms with Crippen LogP contribution < -0.4 is 5.11 Å². The minimum atomic E-state index is -1.64. The predicted octanol–water partition coefficient (Wildman–Crippen LogP) is 9.83. The molecule has 9 heteroatoms. The van der Waals surface area contributed by atoms with E-state index >= 15 is 0 Å². The number of carbonyl (C=O) groups excluding carboxylic acids is 3. The van der Waals surface area contributed by atoms with Gasteiger partial charge in [0.25, 0.3) is 0 Å². The van der Waals surface area contributed by atoms with E-state index in [1.165, 1.54) is 32.1 Å². The number of carboxylic acids is 1. The second kappa shape index (κ2) is 38.6. The van der Waals surface area contributed by atoms with Crippen molar-refractivity contribution in [1.82, 2.24) is 0 Å². The maximum absolute atomic E-state index is 12.7. The van der Waals surface area contributed by atoms with Crippen LogP contribution in [-0.2, 0) is 33.3 Å². The lowest BCUT2D eigenvalue weighted by molar-refractivity contribution is -0.870. The van der Waals surface area contributed by atoms with E-state index in [1.807, 2.05) is 21.1 Å². The summed E-state index contributed by atoms with van der Waals surface area (Å²) in [5, 5.41) is 11.7. The van der Waals surface area contributed by atoms with Gasteiger partial charge in [-0.25, -0.2) is 0 Å². The summed E-state index contributed by atoms with van der Waals surface area (Å²) in [6.45, 7) is 4.51. The van der Waals surface area contributed by atoms with Crippen molar-refractivity contribution >= 4 is 17.9 Å². The molecule has 2 atom stereocenters. The molecule has 0 heterocycles. The van der Waals surface area contributed by atoms with Gasteiger partial charge in [0.1, 0.15) is 13.2 Å². The Bertz CT molecular complexity index is 1150. The van der Waals surface area contributed by atoms with Crippen molar-refractivity contribution in [2.24, 2.45) is 0 Å². The zero-order valence-corrected chi connectivity index (χ0v) is 36.0. The number of hydrogen-bond donors (Lipinski definition) is 0. The molecule has 56 heavy (non-hydrogen) atoms. The molecule has 0 spiro atoms. The van der Waals surface area contributed by atoms with E-state index < -0.39 is 24.3 Å². The molecule has 9 nitrogen and oxygen atoms in total. The van der Waals surface area contributed by atoms with Crippen LogP contribution in [0, 0.1) is 0 Å². The molecular formula is C47H79NO8. The number of likely N-dealkylation sites (N-methyl/N-ethyl adjacent to an activating group) is 1. The molecule has 0 saturated heterocycles. The fraction of sp³-hybridized carbons (Fsp3) is 0.681. The van der Waals surface area contributed by atoms with Gasteiger partial charge in [0.15, 0.2) is 12.4 Å². The molecule has 0 rings (SSSR count). The zero-order chi connectivity index (χ0) is 41.4. The number of aliphatic carboxylic acids is 1. The summed E-state index contributed by atoms with van der Waals surface area (Å²) < 4.78 is 22.4. The average molecular weight is 786 g/mol. The van der Waals surface area contributed by atoms with Crippen LogP contribution in [0.5, 0.6) is 0 Å². The van der Waals surface area contributed by atoms with E-state index in [0.29, 0.717) is 23.9 Å². The molecule has 0 aliphatic rings. The highest BCUT2D eigenvalue weighted by Gasteiger charge is 2.21. The Morgan fingerprint density at radius 2 is 1.02 bits per heavy atom. The van der Waals surface area contributed by atoms with Crippen LogP contribution in [-0.4, -0.2) is 82.3 Å². The van der Waals surface area contributed by atoms with Gasteiger partial charge in [0.2, 0.25) is 0 Å². The smallest absolute Gasteiger partial charge is 0.306 e. The number of hydrogen-bond acceptors (Lipinski definition) is 8. The Kier molecular flexibility index (Phi) is 36.3. The molecule has 0 aliphatic carbocycles. The average Bonchev–Trinajstić information content (AvgIpc) is 3.15. The van der Waals surface area contributed by atoms with Gasteiger partial charge >= 0.3 is 11.9 Å². The fourth-order valence-corrected chi connectivity index (χ4v) is 5.32. The van der Waals surface area contributed by atoms with Gasteiger partial charge in [-0.3, -0.25) is 9.59 Å². The van der Waals surface area contributed by atoms with Gasteiger partial charge in [-0.15, -0.1) is 0 Å². The molecule has 320 valence electrons. The molecule has 0 aromatic heterocycles. The second-order valence-corrected chi connectivity index (χ2v) is 15.2. The first-order valence-corrected chi connectivity index (χ1v) is 21.6. The molecule has 0 N–H and O–H groups in total. The molecule has 0 saturated carbocycles. The molecule has 0 bridgehead atoms. The third kappa shape index (κ3) is 39.0. The van der Waals surface area contributed by atoms with Crippen LogP contribution in [0.2, 0.25) is 0 Å². The SMILES string of the molecule is CC/C=C\C/C=C\C/C=C\C/C=C\CCCCC(=O)OC(COC(=O)CCCCCCC/C=C\C/C=C\CCCCCC)COC(OCC[N+](C)(C)C)C(=O)[O-]. The molecular weight excluding hydrogens is 707 g/mol. The van der Waals surface area contributed by atoms with Gasteiger partial charge in [0.05, 0.1) is 40.3 Å². The maximum Gasteiger partial charge on any atom is 0.306 e. The molecule has 0 aliphatic heterocycles.